The van der Waals surface area contributed by atoms with Crippen molar-refractivity contribution in [1.82, 2.24) is 0 Å². The number of carbonyl (C=O) groups excluding carboxylic acids is 1. The predicted octanol–water partition coefficient (Wildman–Crippen LogP) is 2.24. The molecule has 0 aliphatic rings. The molecule has 0 amide bonds. The summed E-state index contributed by atoms with van der Waals surface area (Å²) in [5, 5.41) is 0.569. The first-order valence-electron chi connectivity index (χ1n) is 5.86. The van der Waals surface area contributed by atoms with Crippen LogP contribution in [0.5, 0.6) is 0 Å². The topological polar surface area (TPSA) is 61.5 Å². The highest BCUT2D eigenvalue weighted by Gasteiger charge is 2.12. The van der Waals surface area contributed by atoms with Crippen molar-refractivity contribution in [1.29, 1.82) is 0 Å². The van der Waals surface area contributed by atoms with Gasteiger partial charge in [-0.15, -0.1) is 0 Å². The zero-order chi connectivity index (χ0) is 14.3. The average Bonchev–Trinajstić information content (AvgIpc) is 2.38. The maximum Gasteiger partial charge on any atom is 0.334 e. The van der Waals surface area contributed by atoms with Gasteiger partial charge in [0, 0.05) is 16.3 Å². The molecule has 0 fully saturated rings. The number of carbonyl (C=O) groups is 1. The Morgan fingerprint density at radius 1 is 1.53 bits per heavy atom. The molecule has 2 N–H and O–H groups in total. The van der Waals surface area contributed by atoms with E-state index in [4.69, 9.17) is 26.8 Å². The number of hydrogen-bond donors (Lipinski definition) is 1. The molecule has 1 unspecified atom stereocenters. The Morgan fingerprint density at radius 2 is 2.26 bits per heavy atom. The van der Waals surface area contributed by atoms with Crippen LogP contribution < -0.4 is 5.73 Å². The van der Waals surface area contributed by atoms with Gasteiger partial charge < -0.3 is 15.2 Å². The molecule has 0 radical (unpaired) electrons. The smallest absolute Gasteiger partial charge is 0.334 e. The third-order valence-electron chi connectivity index (χ3n) is 2.26. The van der Waals surface area contributed by atoms with Gasteiger partial charge in [0.2, 0.25) is 0 Å². The quantitative estimate of drug-likeness (QED) is 0.522. The summed E-state index contributed by atoms with van der Waals surface area (Å²) >= 11 is 5.84. The Kier molecular flexibility index (Phi) is 6.20. The second-order valence-corrected chi connectivity index (χ2v) is 4.18. The van der Waals surface area contributed by atoms with Crippen LogP contribution in [0.2, 0.25) is 5.02 Å². The van der Waals surface area contributed by atoms with E-state index in [1.807, 2.05) is 0 Å². The van der Waals surface area contributed by atoms with Gasteiger partial charge in [0.25, 0.3) is 0 Å². The molecule has 1 aromatic rings. The molecule has 0 saturated heterocycles. The van der Waals surface area contributed by atoms with Crippen LogP contribution in [0, 0.1) is 11.8 Å². The van der Waals surface area contributed by atoms with Gasteiger partial charge >= 0.3 is 5.97 Å². The molecule has 0 aliphatic carbocycles. The Hall–Kier alpha value is -1.70. The van der Waals surface area contributed by atoms with Crippen LogP contribution >= 0.6 is 11.6 Å². The van der Waals surface area contributed by atoms with Crippen molar-refractivity contribution in [2.75, 3.05) is 18.9 Å². The highest BCUT2D eigenvalue weighted by molar-refractivity contribution is 6.30. The average molecular weight is 282 g/mol. The third kappa shape index (κ3) is 5.21. The van der Waals surface area contributed by atoms with Crippen LogP contribution in [-0.2, 0) is 14.3 Å². The minimum atomic E-state index is -0.633. The van der Waals surface area contributed by atoms with Gasteiger partial charge in [-0.3, -0.25) is 0 Å². The molecule has 0 spiro atoms. The molecular formula is C14H16ClNO3. The molecular weight excluding hydrogens is 266 g/mol. The lowest BCUT2D eigenvalue weighted by molar-refractivity contribution is -0.154. The van der Waals surface area contributed by atoms with Crippen molar-refractivity contribution in [2.24, 2.45) is 0 Å². The highest BCUT2D eigenvalue weighted by atomic mass is 35.5. The number of nitrogens with two attached hydrogens (primary N) is 1. The molecule has 102 valence electrons. The number of halogens is 1. The second kappa shape index (κ2) is 7.67. The van der Waals surface area contributed by atoms with Gasteiger partial charge in [-0.2, -0.15) is 0 Å². The van der Waals surface area contributed by atoms with Gasteiger partial charge in [0.05, 0.1) is 6.61 Å². The summed E-state index contributed by atoms with van der Waals surface area (Å²) in [6.07, 6.45) is -0.633. The fourth-order valence-electron chi connectivity index (χ4n) is 1.26. The minimum Gasteiger partial charge on any atom is -0.464 e. The summed E-state index contributed by atoms with van der Waals surface area (Å²) < 4.78 is 10.0. The van der Waals surface area contributed by atoms with E-state index in [9.17, 15) is 4.79 Å². The molecule has 19 heavy (non-hydrogen) atoms. The monoisotopic (exact) mass is 281 g/mol. The lowest BCUT2D eigenvalue weighted by Crippen LogP contribution is -2.23. The normalized spacial score (nSPS) is 11.3. The predicted molar refractivity (Wildman–Crippen MR) is 74.8 cm³/mol. The summed E-state index contributed by atoms with van der Waals surface area (Å²) in [7, 11) is 0. The van der Waals surface area contributed by atoms with Gasteiger partial charge in [-0.1, -0.05) is 23.4 Å². The maximum absolute atomic E-state index is 11.3. The maximum atomic E-state index is 11.3. The van der Waals surface area contributed by atoms with Gasteiger partial charge in [0.15, 0.2) is 6.10 Å². The molecule has 1 rings (SSSR count). The minimum absolute atomic E-state index is 0.117. The molecule has 4 nitrogen and oxygen atoms in total. The van der Waals surface area contributed by atoms with E-state index < -0.39 is 12.1 Å². The molecule has 0 bridgehead atoms. The Balaban J connectivity index is 2.52. The van der Waals surface area contributed by atoms with Crippen molar-refractivity contribution in [3.05, 3.63) is 28.8 Å². The van der Waals surface area contributed by atoms with Crippen LogP contribution in [-0.4, -0.2) is 25.3 Å². The molecule has 1 atom stereocenters. The first-order valence-corrected chi connectivity index (χ1v) is 6.24. The van der Waals surface area contributed by atoms with Crippen LogP contribution in [0.3, 0.4) is 0 Å². The Bertz CT molecular complexity index is 505. The van der Waals surface area contributed by atoms with E-state index in [1.165, 1.54) is 0 Å². The van der Waals surface area contributed by atoms with Gasteiger partial charge in [0.1, 0.15) is 6.61 Å². The van der Waals surface area contributed by atoms with E-state index in [1.54, 1.807) is 32.0 Å². The van der Waals surface area contributed by atoms with Gasteiger partial charge in [-0.05, 0) is 32.0 Å². The third-order valence-corrected chi connectivity index (χ3v) is 2.50. The van der Waals surface area contributed by atoms with Crippen molar-refractivity contribution < 1.29 is 14.3 Å². The van der Waals surface area contributed by atoms with Crippen molar-refractivity contribution in [2.45, 2.75) is 20.0 Å². The van der Waals surface area contributed by atoms with E-state index >= 15 is 0 Å². The van der Waals surface area contributed by atoms with E-state index in [0.29, 0.717) is 22.9 Å². The fraction of sp³-hybridized carbons (Fsp3) is 0.357. The summed E-state index contributed by atoms with van der Waals surface area (Å²) in [6.45, 7) is 3.81. The number of esters is 1. The number of nitrogen functional groups attached to an aromatic ring is 1. The molecule has 0 aliphatic heterocycles. The summed E-state index contributed by atoms with van der Waals surface area (Å²) in [6, 6.07) is 5.06. The molecule has 0 saturated carbocycles. The molecule has 0 heterocycles. The van der Waals surface area contributed by atoms with E-state index in [0.717, 1.165) is 0 Å². The van der Waals surface area contributed by atoms with Crippen molar-refractivity contribution in [3.8, 4) is 11.8 Å². The molecule has 1 aromatic carbocycles. The van der Waals surface area contributed by atoms with Gasteiger partial charge in [-0.25, -0.2) is 4.79 Å². The summed E-state index contributed by atoms with van der Waals surface area (Å²) in [5.74, 6) is 5.23. The largest absolute Gasteiger partial charge is 0.464 e. The Labute approximate surface area is 117 Å². The standard InChI is InChI=1S/C14H16ClNO3/c1-3-18-14(17)10(2)19-8-4-5-11-9-12(15)6-7-13(11)16/h6-7,9-10H,3,8,16H2,1-2H3. The summed E-state index contributed by atoms with van der Waals surface area (Å²) in [5.41, 5.74) is 6.93. The zero-order valence-corrected chi connectivity index (χ0v) is 11.7. The van der Waals surface area contributed by atoms with Crippen LogP contribution in [0.25, 0.3) is 0 Å². The summed E-state index contributed by atoms with van der Waals surface area (Å²) in [4.78, 5) is 11.3. The number of anilines is 1. The first-order chi connectivity index (χ1) is 9.04. The molecule has 0 aromatic heterocycles. The second-order valence-electron chi connectivity index (χ2n) is 3.74. The number of benzene rings is 1. The lowest BCUT2D eigenvalue weighted by atomic mass is 10.2. The highest BCUT2D eigenvalue weighted by Crippen LogP contribution is 2.16. The van der Waals surface area contributed by atoms with Crippen LogP contribution in [0.1, 0.15) is 19.4 Å². The Morgan fingerprint density at radius 3 is 2.95 bits per heavy atom. The molecule has 5 heteroatoms. The van der Waals surface area contributed by atoms with Crippen molar-refractivity contribution >= 4 is 23.3 Å². The van der Waals surface area contributed by atoms with Crippen molar-refractivity contribution in [3.63, 3.8) is 0 Å². The van der Waals surface area contributed by atoms with Crippen LogP contribution in [0.4, 0.5) is 5.69 Å². The zero-order valence-electron chi connectivity index (χ0n) is 10.9. The van der Waals surface area contributed by atoms with Crippen LogP contribution in [0.15, 0.2) is 18.2 Å². The fourth-order valence-corrected chi connectivity index (χ4v) is 1.43. The van der Waals surface area contributed by atoms with E-state index in [2.05, 4.69) is 11.8 Å². The number of rotatable bonds is 4. The first kappa shape index (κ1) is 15.4. The van der Waals surface area contributed by atoms with E-state index in [-0.39, 0.29) is 6.61 Å². The SMILES string of the molecule is CCOC(=O)C(C)OCC#Cc1cc(Cl)ccc1N. The lowest BCUT2D eigenvalue weighted by Gasteiger charge is -2.08. The number of ether oxygens (including phenoxy) is 2. The number of hydrogen-bond acceptors (Lipinski definition) is 4.